The van der Waals surface area contributed by atoms with E-state index < -0.39 is 5.82 Å². The molecule has 8 nitrogen and oxygen atoms in total. The number of aryl methyl sites for hydroxylation is 1. The molecule has 1 aromatic carbocycles. The Bertz CT molecular complexity index is 1110. The van der Waals surface area contributed by atoms with Gasteiger partial charge in [-0.3, -0.25) is 9.58 Å². The van der Waals surface area contributed by atoms with Crippen molar-refractivity contribution in [2.75, 3.05) is 41.8 Å². The minimum atomic E-state index is -0.461. The molecule has 2 amide bonds. The standard InChI is InChI=1S/C20H22FN7O/c1-22-14-10-27(11-14)17-3-5-23-19-15(17)4-6-28(19)20(29)24-13-7-12-9-26(2)25-18(12)16(21)8-13/h3,5,7-9,14,22H,4,6,10-11H2,1-2H3,(H,24,29). The van der Waals surface area contributed by atoms with E-state index in [0.717, 1.165) is 30.8 Å². The van der Waals surface area contributed by atoms with Crippen LogP contribution in [0.5, 0.6) is 0 Å². The monoisotopic (exact) mass is 395 g/mol. The van der Waals surface area contributed by atoms with Crippen LogP contribution in [0.1, 0.15) is 5.56 Å². The fourth-order valence-corrected chi connectivity index (χ4v) is 4.10. The van der Waals surface area contributed by atoms with Gasteiger partial charge in [0.2, 0.25) is 0 Å². The van der Waals surface area contributed by atoms with Crippen LogP contribution >= 0.6 is 0 Å². The summed E-state index contributed by atoms with van der Waals surface area (Å²) >= 11 is 0. The highest BCUT2D eigenvalue weighted by molar-refractivity contribution is 6.03. The van der Waals surface area contributed by atoms with Gasteiger partial charge < -0.3 is 15.5 Å². The quantitative estimate of drug-likeness (QED) is 0.710. The number of anilines is 3. The molecule has 2 N–H and O–H groups in total. The molecule has 5 rings (SSSR count). The van der Waals surface area contributed by atoms with Gasteiger partial charge in [-0.05, 0) is 31.7 Å². The highest BCUT2D eigenvalue weighted by Gasteiger charge is 2.33. The normalized spacial score (nSPS) is 16.2. The molecule has 1 saturated heterocycles. The van der Waals surface area contributed by atoms with Gasteiger partial charge in [0.1, 0.15) is 11.3 Å². The van der Waals surface area contributed by atoms with Gasteiger partial charge in [0, 0.05) is 67.4 Å². The number of rotatable bonds is 3. The first-order chi connectivity index (χ1) is 14.0. The number of hydrogen-bond acceptors (Lipinski definition) is 5. The van der Waals surface area contributed by atoms with Crippen molar-refractivity contribution in [1.29, 1.82) is 0 Å². The Morgan fingerprint density at radius 2 is 2.14 bits per heavy atom. The molecule has 2 aromatic heterocycles. The molecule has 0 aliphatic carbocycles. The fourth-order valence-electron chi connectivity index (χ4n) is 4.10. The van der Waals surface area contributed by atoms with E-state index in [1.165, 1.54) is 6.07 Å². The van der Waals surface area contributed by atoms with E-state index in [1.807, 2.05) is 13.1 Å². The van der Waals surface area contributed by atoms with Crippen LogP contribution in [0.3, 0.4) is 0 Å². The number of amides is 2. The smallest absolute Gasteiger partial charge is 0.327 e. The van der Waals surface area contributed by atoms with Crippen molar-refractivity contribution < 1.29 is 9.18 Å². The maximum Gasteiger partial charge on any atom is 0.327 e. The third-order valence-electron chi connectivity index (χ3n) is 5.65. The van der Waals surface area contributed by atoms with Gasteiger partial charge in [-0.1, -0.05) is 0 Å². The molecule has 4 heterocycles. The topological polar surface area (TPSA) is 78.3 Å². The van der Waals surface area contributed by atoms with Crippen LogP contribution in [0.4, 0.5) is 26.4 Å². The predicted molar refractivity (Wildman–Crippen MR) is 110 cm³/mol. The lowest BCUT2D eigenvalue weighted by molar-refractivity contribution is 0.257. The highest BCUT2D eigenvalue weighted by Crippen LogP contribution is 2.36. The Labute approximate surface area is 167 Å². The summed E-state index contributed by atoms with van der Waals surface area (Å²) in [5.41, 5.74) is 2.92. The molecular formula is C20H22FN7O. The number of halogens is 1. The Morgan fingerprint density at radius 3 is 2.93 bits per heavy atom. The third kappa shape index (κ3) is 2.98. The van der Waals surface area contributed by atoms with E-state index in [-0.39, 0.29) is 11.5 Å². The second-order valence-corrected chi connectivity index (χ2v) is 7.55. The van der Waals surface area contributed by atoms with Crippen molar-refractivity contribution >= 4 is 34.1 Å². The van der Waals surface area contributed by atoms with Gasteiger partial charge in [-0.15, -0.1) is 0 Å². The predicted octanol–water partition coefficient (Wildman–Crippen LogP) is 2.11. The Hall–Kier alpha value is -3.20. The van der Waals surface area contributed by atoms with Crippen molar-refractivity contribution in [2.45, 2.75) is 12.5 Å². The molecule has 1 fully saturated rings. The largest absolute Gasteiger partial charge is 0.368 e. The number of fused-ring (bicyclic) bond motifs is 2. The second-order valence-electron chi connectivity index (χ2n) is 7.55. The zero-order valence-electron chi connectivity index (χ0n) is 16.3. The first kappa shape index (κ1) is 17.9. The number of hydrogen-bond donors (Lipinski definition) is 2. The van der Waals surface area contributed by atoms with E-state index in [4.69, 9.17) is 0 Å². The molecule has 0 bridgehead atoms. The molecule has 2 aliphatic heterocycles. The summed E-state index contributed by atoms with van der Waals surface area (Å²) in [4.78, 5) is 21.3. The minimum absolute atomic E-state index is 0.290. The molecule has 29 heavy (non-hydrogen) atoms. The highest BCUT2D eigenvalue weighted by atomic mass is 19.1. The number of urea groups is 1. The van der Waals surface area contributed by atoms with Crippen molar-refractivity contribution in [3.05, 3.63) is 42.0 Å². The number of benzene rings is 1. The lowest BCUT2D eigenvalue weighted by atomic mass is 10.1. The Kier molecular flexibility index (Phi) is 4.13. The Balaban J connectivity index is 1.38. The van der Waals surface area contributed by atoms with Crippen LogP contribution in [0.15, 0.2) is 30.6 Å². The first-order valence-corrected chi connectivity index (χ1v) is 9.65. The first-order valence-electron chi connectivity index (χ1n) is 9.65. The molecule has 3 aromatic rings. The number of carbonyl (C=O) groups is 1. The summed E-state index contributed by atoms with van der Waals surface area (Å²) in [6, 6.07) is 5.22. The lowest BCUT2D eigenvalue weighted by Gasteiger charge is -2.41. The van der Waals surface area contributed by atoms with Crippen LogP contribution in [-0.4, -0.2) is 53.5 Å². The van der Waals surface area contributed by atoms with Gasteiger partial charge >= 0.3 is 6.03 Å². The van der Waals surface area contributed by atoms with Gasteiger partial charge in [-0.25, -0.2) is 14.2 Å². The van der Waals surface area contributed by atoms with Gasteiger partial charge in [0.15, 0.2) is 5.82 Å². The van der Waals surface area contributed by atoms with Crippen molar-refractivity contribution in [1.82, 2.24) is 20.1 Å². The van der Waals surface area contributed by atoms with Crippen molar-refractivity contribution in [3.63, 3.8) is 0 Å². The van der Waals surface area contributed by atoms with E-state index in [2.05, 4.69) is 25.6 Å². The molecule has 0 unspecified atom stereocenters. The SMILES string of the molecule is CNC1CN(c2ccnc3c2CCN3C(=O)Nc2cc(F)c3nn(C)cc3c2)C1. The molecule has 0 atom stereocenters. The van der Waals surface area contributed by atoms with Crippen LogP contribution in [-0.2, 0) is 13.5 Å². The van der Waals surface area contributed by atoms with Gasteiger partial charge in [-0.2, -0.15) is 5.10 Å². The number of aromatic nitrogens is 3. The number of carbonyl (C=O) groups excluding carboxylic acids is 1. The average molecular weight is 395 g/mol. The molecule has 2 aliphatic rings. The van der Waals surface area contributed by atoms with E-state index in [0.29, 0.717) is 29.5 Å². The lowest BCUT2D eigenvalue weighted by Crippen LogP contribution is -2.57. The summed E-state index contributed by atoms with van der Waals surface area (Å²) in [6.07, 6.45) is 4.22. The van der Waals surface area contributed by atoms with E-state index in [9.17, 15) is 9.18 Å². The van der Waals surface area contributed by atoms with Crippen LogP contribution < -0.4 is 20.4 Å². The number of nitrogens with zero attached hydrogens (tertiary/aromatic N) is 5. The molecule has 150 valence electrons. The summed E-state index contributed by atoms with van der Waals surface area (Å²) in [5, 5.41) is 10.8. The van der Waals surface area contributed by atoms with Crippen LogP contribution in [0.25, 0.3) is 10.9 Å². The maximum atomic E-state index is 14.3. The minimum Gasteiger partial charge on any atom is -0.368 e. The summed E-state index contributed by atoms with van der Waals surface area (Å²) in [7, 11) is 3.70. The van der Waals surface area contributed by atoms with Crippen LogP contribution in [0.2, 0.25) is 0 Å². The molecule has 9 heteroatoms. The molecule has 0 radical (unpaired) electrons. The zero-order valence-corrected chi connectivity index (χ0v) is 16.3. The van der Waals surface area contributed by atoms with Gasteiger partial charge in [0.05, 0.1) is 0 Å². The zero-order chi connectivity index (χ0) is 20.1. The number of pyridine rings is 1. The average Bonchev–Trinajstić information content (AvgIpc) is 3.24. The fraction of sp³-hybridized carbons (Fsp3) is 0.350. The number of nitrogens with one attached hydrogen (secondary N) is 2. The van der Waals surface area contributed by atoms with Gasteiger partial charge in [0.25, 0.3) is 0 Å². The summed E-state index contributed by atoms with van der Waals surface area (Å²) in [5.74, 6) is 0.216. The second kappa shape index (κ2) is 6.70. The van der Waals surface area contributed by atoms with E-state index in [1.54, 1.807) is 35.1 Å². The molecule has 0 spiro atoms. The van der Waals surface area contributed by atoms with Crippen molar-refractivity contribution in [2.24, 2.45) is 7.05 Å². The van der Waals surface area contributed by atoms with Crippen LogP contribution in [0, 0.1) is 5.82 Å². The van der Waals surface area contributed by atoms with E-state index >= 15 is 0 Å². The molecular weight excluding hydrogens is 373 g/mol. The maximum absolute atomic E-state index is 14.3. The third-order valence-corrected chi connectivity index (χ3v) is 5.65. The molecule has 0 saturated carbocycles. The summed E-state index contributed by atoms with van der Waals surface area (Å²) < 4.78 is 15.9. The Morgan fingerprint density at radius 1 is 1.31 bits per heavy atom. The van der Waals surface area contributed by atoms with Crippen molar-refractivity contribution in [3.8, 4) is 0 Å². The number of likely N-dealkylation sites (N-methyl/N-ethyl adjacent to an activating group) is 1. The summed E-state index contributed by atoms with van der Waals surface area (Å²) in [6.45, 7) is 2.44.